The zero-order valence-corrected chi connectivity index (χ0v) is 11.6. The van der Waals surface area contributed by atoms with Crippen molar-refractivity contribution >= 4 is 22.4 Å². The zero-order chi connectivity index (χ0) is 13.9. The predicted octanol–water partition coefficient (Wildman–Crippen LogP) is 5.50. The first kappa shape index (κ1) is 13.1. The fourth-order valence-corrected chi connectivity index (χ4v) is 2.85. The Morgan fingerprint density at radius 1 is 0.850 bits per heavy atom. The van der Waals surface area contributed by atoms with Gasteiger partial charge < -0.3 is 0 Å². The number of hydrogen-bond acceptors (Lipinski definition) is 0. The molecule has 0 aliphatic heterocycles. The smallest absolute Gasteiger partial charge is 0.126 e. The van der Waals surface area contributed by atoms with Gasteiger partial charge in [0, 0.05) is 0 Å². The van der Waals surface area contributed by atoms with E-state index in [1.807, 2.05) is 30.3 Å². The van der Waals surface area contributed by atoms with E-state index in [0.29, 0.717) is 12.0 Å². The molecule has 0 aromatic heterocycles. The zero-order valence-electron chi connectivity index (χ0n) is 10.9. The largest absolute Gasteiger partial charge is 0.207 e. The van der Waals surface area contributed by atoms with Crippen LogP contribution in [0.2, 0.25) is 0 Å². The second-order valence-electron chi connectivity index (χ2n) is 4.83. The van der Waals surface area contributed by atoms with Crippen LogP contribution in [-0.2, 0) is 6.42 Å². The highest BCUT2D eigenvalue weighted by molar-refractivity contribution is 6.22. The predicted molar refractivity (Wildman–Crippen MR) is 82.6 cm³/mol. The highest BCUT2D eigenvalue weighted by atomic mass is 35.5. The highest BCUT2D eigenvalue weighted by Crippen LogP contribution is 2.31. The highest BCUT2D eigenvalue weighted by Gasteiger charge is 2.13. The molecular weight excluding hydrogens is 271 g/mol. The quantitative estimate of drug-likeness (QED) is 0.557. The fourth-order valence-electron chi connectivity index (χ4n) is 2.49. The molecule has 0 fully saturated rings. The lowest BCUT2D eigenvalue weighted by molar-refractivity contribution is 0.607. The summed E-state index contributed by atoms with van der Waals surface area (Å²) in [4.78, 5) is 0. The van der Waals surface area contributed by atoms with Crippen molar-refractivity contribution in [2.45, 2.75) is 11.8 Å². The summed E-state index contributed by atoms with van der Waals surface area (Å²) in [6.45, 7) is 0. The van der Waals surface area contributed by atoms with E-state index < -0.39 is 0 Å². The maximum Gasteiger partial charge on any atom is 0.126 e. The summed E-state index contributed by atoms with van der Waals surface area (Å²) in [5.74, 6) is -0.196. The Morgan fingerprint density at radius 3 is 2.40 bits per heavy atom. The van der Waals surface area contributed by atoms with Crippen LogP contribution in [0.5, 0.6) is 0 Å². The first-order valence-corrected chi connectivity index (χ1v) is 7.04. The van der Waals surface area contributed by atoms with Crippen LogP contribution in [0.15, 0.2) is 66.7 Å². The van der Waals surface area contributed by atoms with Gasteiger partial charge in [0.1, 0.15) is 5.82 Å². The molecule has 100 valence electrons. The topological polar surface area (TPSA) is 0 Å². The summed E-state index contributed by atoms with van der Waals surface area (Å²) in [7, 11) is 0. The number of rotatable bonds is 3. The van der Waals surface area contributed by atoms with Gasteiger partial charge in [-0.2, -0.15) is 0 Å². The van der Waals surface area contributed by atoms with Crippen molar-refractivity contribution in [2.75, 3.05) is 0 Å². The normalized spacial score (nSPS) is 12.5. The Bertz CT molecular complexity index is 731. The van der Waals surface area contributed by atoms with Crippen molar-refractivity contribution in [1.29, 1.82) is 0 Å². The van der Waals surface area contributed by atoms with E-state index in [-0.39, 0.29) is 11.2 Å². The number of alkyl halides is 1. The Labute approximate surface area is 122 Å². The Balaban J connectivity index is 1.97. The molecule has 0 saturated carbocycles. The molecule has 0 aliphatic rings. The third kappa shape index (κ3) is 2.54. The van der Waals surface area contributed by atoms with Crippen LogP contribution in [0.25, 0.3) is 10.8 Å². The van der Waals surface area contributed by atoms with Gasteiger partial charge in [0.15, 0.2) is 0 Å². The molecule has 0 spiro atoms. The average Bonchev–Trinajstić information content (AvgIpc) is 2.49. The number of halogens is 2. The van der Waals surface area contributed by atoms with Crippen molar-refractivity contribution in [3.05, 3.63) is 83.7 Å². The van der Waals surface area contributed by atoms with E-state index in [9.17, 15) is 4.39 Å². The molecule has 3 aromatic carbocycles. The summed E-state index contributed by atoms with van der Waals surface area (Å²) in [6, 6.07) is 21.0. The first-order valence-electron chi connectivity index (χ1n) is 6.61. The minimum atomic E-state index is -0.238. The van der Waals surface area contributed by atoms with Crippen LogP contribution in [-0.4, -0.2) is 0 Å². The van der Waals surface area contributed by atoms with E-state index in [1.165, 1.54) is 6.07 Å². The molecule has 0 N–H and O–H groups in total. The van der Waals surface area contributed by atoms with Crippen molar-refractivity contribution in [3.8, 4) is 0 Å². The van der Waals surface area contributed by atoms with Gasteiger partial charge in [-0.15, -0.1) is 11.6 Å². The summed E-state index contributed by atoms with van der Waals surface area (Å²) in [5, 5.41) is 2.05. The summed E-state index contributed by atoms with van der Waals surface area (Å²) >= 11 is 6.53. The first-order chi connectivity index (χ1) is 9.75. The van der Waals surface area contributed by atoms with Gasteiger partial charge >= 0.3 is 0 Å². The molecule has 0 saturated heterocycles. The minimum Gasteiger partial charge on any atom is -0.207 e. The number of hydrogen-bond donors (Lipinski definition) is 0. The monoisotopic (exact) mass is 284 g/mol. The van der Waals surface area contributed by atoms with Crippen LogP contribution in [0, 0.1) is 5.82 Å². The molecule has 0 amide bonds. The second kappa shape index (κ2) is 5.64. The van der Waals surface area contributed by atoms with Crippen LogP contribution >= 0.6 is 11.6 Å². The summed E-state index contributed by atoms with van der Waals surface area (Å²) < 4.78 is 13.7. The van der Waals surface area contributed by atoms with Gasteiger partial charge in [0.05, 0.1) is 5.38 Å². The standard InChI is InChI=1S/C18H14ClF/c19-17(12-14-7-2-4-11-18(14)20)16-10-5-8-13-6-1-3-9-15(13)16/h1-11,17H,12H2. The fraction of sp³-hybridized carbons (Fsp3) is 0.111. The molecule has 20 heavy (non-hydrogen) atoms. The van der Waals surface area contributed by atoms with E-state index in [2.05, 4.69) is 18.2 Å². The van der Waals surface area contributed by atoms with E-state index in [1.54, 1.807) is 12.1 Å². The summed E-state index contributed by atoms with van der Waals surface area (Å²) in [5.41, 5.74) is 1.70. The van der Waals surface area contributed by atoms with E-state index in [0.717, 1.165) is 16.3 Å². The van der Waals surface area contributed by atoms with Gasteiger partial charge in [-0.1, -0.05) is 60.7 Å². The molecule has 0 bridgehead atoms. The van der Waals surface area contributed by atoms with Gasteiger partial charge in [-0.05, 0) is 34.4 Å². The maximum atomic E-state index is 13.7. The lowest BCUT2D eigenvalue weighted by Gasteiger charge is -2.13. The molecule has 3 aromatic rings. The minimum absolute atomic E-state index is 0.196. The lowest BCUT2D eigenvalue weighted by atomic mass is 9.98. The van der Waals surface area contributed by atoms with Gasteiger partial charge in [0.2, 0.25) is 0 Å². The SMILES string of the molecule is Fc1ccccc1CC(Cl)c1cccc2ccccc12. The van der Waals surface area contributed by atoms with Crippen LogP contribution < -0.4 is 0 Å². The van der Waals surface area contributed by atoms with Crippen LogP contribution in [0.3, 0.4) is 0 Å². The molecule has 1 unspecified atom stereocenters. The van der Waals surface area contributed by atoms with E-state index in [4.69, 9.17) is 11.6 Å². The molecule has 0 nitrogen and oxygen atoms in total. The second-order valence-corrected chi connectivity index (χ2v) is 5.36. The number of fused-ring (bicyclic) bond motifs is 1. The van der Waals surface area contributed by atoms with Crippen molar-refractivity contribution in [1.82, 2.24) is 0 Å². The molecule has 2 heteroatoms. The third-order valence-electron chi connectivity index (χ3n) is 3.52. The average molecular weight is 285 g/mol. The van der Waals surface area contributed by atoms with Crippen molar-refractivity contribution < 1.29 is 4.39 Å². The molecule has 0 aliphatic carbocycles. The van der Waals surface area contributed by atoms with Crippen LogP contribution in [0.4, 0.5) is 4.39 Å². The van der Waals surface area contributed by atoms with Crippen LogP contribution in [0.1, 0.15) is 16.5 Å². The van der Waals surface area contributed by atoms with Gasteiger partial charge in [-0.25, -0.2) is 4.39 Å². The van der Waals surface area contributed by atoms with E-state index >= 15 is 0 Å². The third-order valence-corrected chi connectivity index (χ3v) is 3.91. The Morgan fingerprint density at radius 2 is 1.55 bits per heavy atom. The van der Waals surface area contributed by atoms with Crippen molar-refractivity contribution in [2.24, 2.45) is 0 Å². The van der Waals surface area contributed by atoms with Gasteiger partial charge in [-0.3, -0.25) is 0 Å². The van der Waals surface area contributed by atoms with Gasteiger partial charge in [0.25, 0.3) is 0 Å². The molecule has 3 rings (SSSR count). The number of benzene rings is 3. The maximum absolute atomic E-state index is 13.7. The molecule has 0 radical (unpaired) electrons. The molecular formula is C18H14ClF. The molecule has 1 atom stereocenters. The Hall–Kier alpha value is -1.86. The summed E-state index contributed by atoms with van der Waals surface area (Å²) in [6.07, 6.45) is 0.488. The Kier molecular flexibility index (Phi) is 3.70. The molecule has 0 heterocycles. The lowest BCUT2D eigenvalue weighted by Crippen LogP contribution is -1.99. The van der Waals surface area contributed by atoms with Crippen molar-refractivity contribution in [3.63, 3.8) is 0 Å².